The minimum atomic E-state index is 0.808. The number of ether oxygens (including phenoxy) is 1. The molecule has 0 radical (unpaired) electrons. The molecule has 3 rings (SSSR count). The van der Waals surface area contributed by atoms with Crippen LogP contribution in [0.4, 0.5) is 0 Å². The monoisotopic (exact) mass is 266 g/mol. The molecule has 0 aromatic rings. The van der Waals surface area contributed by atoms with Crippen LogP contribution in [0.1, 0.15) is 44.9 Å². The molecule has 3 aliphatic rings. The highest BCUT2D eigenvalue weighted by Crippen LogP contribution is 2.29. The first-order valence-electron chi connectivity index (χ1n) is 8.46. The summed E-state index contributed by atoms with van der Waals surface area (Å²) in [5.41, 5.74) is 0. The molecule has 3 aliphatic heterocycles. The molecule has 19 heavy (non-hydrogen) atoms. The smallest absolute Gasteiger partial charge is 0.0507 e. The molecule has 0 amide bonds. The fourth-order valence-electron chi connectivity index (χ4n) is 4.24. The summed E-state index contributed by atoms with van der Waals surface area (Å²) in [6, 6.07) is 0.866. The Hall–Kier alpha value is -0.120. The van der Waals surface area contributed by atoms with E-state index >= 15 is 0 Å². The third kappa shape index (κ3) is 3.71. The molecule has 0 saturated carbocycles. The van der Waals surface area contributed by atoms with Crippen LogP contribution in [0.3, 0.4) is 0 Å². The lowest BCUT2D eigenvalue weighted by Crippen LogP contribution is -2.46. The normalized spacial score (nSPS) is 35.4. The molecule has 0 bridgehead atoms. The molecule has 0 aromatic heterocycles. The molecule has 0 spiro atoms. The Morgan fingerprint density at radius 2 is 1.89 bits per heavy atom. The molecule has 2 atom stereocenters. The van der Waals surface area contributed by atoms with Crippen molar-refractivity contribution in [3.05, 3.63) is 0 Å². The van der Waals surface area contributed by atoms with Crippen molar-refractivity contribution in [3.63, 3.8) is 0 Å². The average molecular weight is 266 g/mol. The van der Waals surface area contributed by atoms with Crippen LogP contribution < -0.4 is 5.32 Å². The van der Waals surface area contributed by atoms with E-state index in [1.165, 1.54) is 71.1 Å². The number of likely N-dealkylation sites (tertiary alicyclic amines) is 1. The number of piperidine rings is 1. The molecule has 3 heterocycles. The Morgan fingerprint density at radius 1 is 1.00 bits per heavy atom. The first kappa shape index (κ1) is 13.8. The molecule has 2 unspecified atom stereocenters. The summed E-state index contributed by atoms with van der Waals surface area (Å²) >= 11 is 0. The Balaban J connectivity index is 1.61. The second-order valence-electron chi connectivity index (χ2n) is 6.73. The fraction of sp³-hybridized carbons (Fsp3) is 1.00. The van der Waals surface area contributed by atoms with Crippen LogP contribution in [0.5, 0.6) is 0 Å². The molecular formula is C16H30N2O. The highest BCUT2D eigenvalue weighted by molar-refractivity contribution is 4.86. The van der Waals surface area contributed by atoms with Crippen molar-refractivity contribution in [3.8, 4) is 0 Å². The summed E-state index contributed by atoms with van der Waals surface area (Å²) < 4.78 is 5.57. The third-order valence-corrected chi connectivity index (χ3v) is 5.36. The molecule has 3 nitrogen and oxygen atoms in total. The molecule has 3 fully saturated rings. The predicted molar refractivity (Wildman–Crippen MR) is 78.3 cm³/mol. The van der Waals surface area contributed by atoms with Gasteiger partial charge in [-0.3, -0.25) is 4.90 Å². The van der Waals surface area contributed by atoms with Crippen molar-refractivity contribution in [2.24, 2.45) is 11.8 Å². The average Bonchev–Trinajstić information content (AvgIpc) is 2.85. The largest absolute Gasteiger partial charge is 0.381 e. The van der Waals surface area contributed by atoms with Gasteiger partial charge in [0.1, 0.15) is 0 Å². The second-order valence-corrected chi connectivity index (χ2v) is 6.73. The van der Waals surface area contributed by atoms with Gasteiger partial charge >= 0.3 is 0 Å². The maximum absolute atomic E-state index is 5.57. The van der Waals surface area contributed by atoms with Gasteiger partial charge in [0, 0.05) is 19.2 Å². The van der Waals surface area contributed by atoms with Gasteiger partial charge in [-0.05, 0) is 63.6 Å². The number of hydrogen-bond acceptors (Lipinski definition) is 3. The summed E-state index contributed by atoms with van der Waals surface area (Å²) in [6.07, 6.45) is 9.82. The van der Waals surface area contributed by atoms with E-state index in [9.17, 15) is 0 Å². The van der Waals surface area contributed by atoms with E-state index < -0.39 is 0 Å². The van der Waals surface area contributed by atoms with E-state index in [1.54, 1.807) is 0 Å². The van der Waals surface area contributed by atoms with E-state index in [2.05, 4.69) is 10.2 Å². The number of nitrogens with one attached hydrogen (secondary N) is 1. The van der Waals surface area contributed by atoms with E-state index in [0.717, 1.165) is 31.1 Å². The van der Waals surface area contributed by atoms with Crippen LogP contribution >= 0.6 is 0 Å². The number of hydrogen-bond donors (Lipinski definition) is 1. The van der Waals surface area contributed by atoms with Crippen molar-refractivity contribution >= 4 is 0 Å². The predicted octanol–water partition coefficient (Wildman–Crippen LogP) is 2.27. The van der Waals surface area contributed by atoms with Gasteiger partial charge in [0.05, 0.1) is 6.61 Å². The minimum absolute atomic E-state index is 0.808. The fourth-order valence-corrected chi connectivity index (χ4v) is 4.24. The van der Waals surface area contributed by atoms with Gasteiger partial charge in [-0.2, -0.15) is 0 Å². The van der Waals surface area contributed by atoms with Crippen LogP contribution in [-0.2, 0) is 4.74 Å². The van der Waals surface area contributed by atoms with Gasteiger partial charge in [0.15, 0.2) is 0 Å². The van der Waals surface area contributed by atoms with Crippen molar-refractivity contribution in [1.82, 2.24) is 10.2 Å². The van der Waals surface area contributed by atoms with E-state index in [1.807, 2.05) is 0 Å². The minimum Gasteiger partial charge on any atom is -0.381 e. The van der Waals surface area contributed by atoms with Crippen LogP contribution in [0, 0.1) is 11.8 Å². The van der Waals surface area contributed by atoms with E-state index in [-0.39, 0.29) is 0 Å². The number of rotatable bonds is 3. The zero-order chi connectivity index (χ0) is 12.9. The molecule has 0 aromatic carbocycles. The Kier molecular flexibility index (Phi) is 5.14. The standard InChI is InChI=1S/C16H30N2O/c1-2-4-16(15-5-8-17-9-6-15)18(10-3-1)12-14-7-11-19-13-14/h14-17H,1-13H2. The first-order valence-corrected chi connectivity index (χ1v) is 8.46. The quantitative estimate of drug-likeness (QED) is 0.848. The van der Waals surface area contributed by atoms with Crippen molar-refractivity contribution < 1.29 is 4.74 Å². The number of nitrogens with zero attached hydrogens (tertiary/aromatic N) is 1. The molecular weight excluding hydrogens is 236 g/mol. The molecule has 3 saturated heterocycles. The molecule has 3 heteroatoms. The maximum atomic E-state index is 5.57. The molecule has 0 aliphatic carbocycles. The zero-order valence-corrected chi connectivity index (χ0v) is 12.3. The highest BCUT2D eigenvalue weighted by Gasteiger charge is 2.31. The zero-order valence-electron chi connectivity index (χ0n) is 12.3. The summed E-state index contributed by atoms with van der Waals surface area (Å²) in [5, 5.41) is 3.52. The van der Waals surface area contributed by atoms with Crippen molar-refractivity contribution in [2.45, 2.75) is 51.0 Å². The van der Waals surface area contributed by atoms with Crippen molar-refractivity contribution in [1.29, 1.82) is 0 Å². The Labute approximate surface area is 118 Å². The summed E-state index contributed by atoms with van der Waals surface area (Å²) in [7, 11) is 0. The highest BCUT2D eigenvalue weighted by atomic mass is 16.5. The van der Waals surface area contributed by atoms with Gasteiger partial charge in [-0.1, -0.05) is 12.8 Å². The third-order valence-electron chi connectivity index (χ3n) is 5.36. The summed E-state index contributed by atoms with van der Waals surface area (Å²) in [6.45, 7) is 7.12. The van der Waals surface area contributed by atoms with Gasteiger partial charge in [-0.25, -0.2) is 0 Å². The van der Waals surface area contributed by atoms with Crippen LogP contribution in [0.2, 0.25) is 0 Å². The molecule has 110 valence electrons. The lowest BCUT2D eigenvalue weighted by atomic mass is 9.86. The van der Waals surface area contributed by atoms with Crippen LogP contribution in [0.25, 0.3) is 0 Å². The van der Waals surface area contributed by atoms with Crippen molar-refractivity contribution in [2.75, 3.05) is 39.4 Å². The summed E-state index contributed by atoms with van der Waals surface area (Å²) in [4.78, 5) is 2.85. The lowest BCUT2D eigenvalue weighted by molar-refractivity contribution is 0.0978. The maximum Gasteiger partial charge on any atom is 0.0507 e. The van der Waals surface area contributed by atoms with Gasteiger partial charge in [0.2, 0.25) is 0 Å². The Bertz CT molecular complexity index is 259. The topological polar surface area (TPSA) is 24.5 Å². The molecule has 1 N–H and O–H groups in total. The lowest BCUT2D eigenvalue weighted by Gasteiger charge is -2.39. The van der Waals surface area contributed by atoms with E-state index in [4.69, 9.17) is 4.74 Å². The summed E-state index contributed by atoms with van der Waals surface area (Å²) in [5.74, 6) is 1.75. The van der Waals surface area contributed by atoms with Gasteiger partial charge in [-0.15, -0.1) is 0 Å². The second kappa shape index (κ2) is 7.05. The van der Waals surface area contributed by atoms with Gasteiger partial charge in [0.25, 0.3) is 0 Å². The van der Waals surface area contributed by atoms with E-state index in [0.29, 0.717) is 0 Å². The SMILES string of the molecule is C1CCC(C2CCNCC2)N(CC2CCOC2)CC1. The van der Waals surface area contributed by atoms with Crippen LogP contribution in [0.15, 0.2) is 0 Å². The van der Waals surface area contributed by atoms with Crippen LogP contribution in [-0.4, -0.2) is 50.3 Å². The Morgan fingerprint density at radius 3 is 2.68 bits per heavy atom. The van der Waals surface area contributed by atoms with Gasteiger partial charge < -0.3 is 10.1 Å². The first-order chi connectivity index (χ1) is 9.43.